The molecule has 0 bridgehead atoms. The van der Waals surface area contributed by atoms with E-state index in [1.807, 2.05) is 22.3 Å². The minimum atomic E-state index is 0.205. The Morgan fingerprint density at radius 2 is 2.18 bits per heavy atom. The summed E-state index contributed by atoms with van der Waals surface area (Å²) in [6, 6.07) is 4.12. The third-order valence-electron chi connectivity index (χ3n) is 2.77. The van der Waals surface area contributed by atoms with Gasteiger partial charge in [0.2, 0.25) is 0 Å². The number of thioether (sulfide) groups is 1. The fourth-order valence-corrected chi connectivity index (χ4v) is 1.77. The van der Waals surface area contributed by atoms with Gasteiger partial charge in [0.05, 0.1) is 0 Å². The van der Waals surface area contributed by atoms with Crippen molar-refractivity contribution in [3.8, 4) is 0 Å². The Hall–Kier alpha value is -1.23. The van der Waals surface area contributed by atoms with Crippen molar-refractivity contribution in [2.45, 2.75) is 25.5 Å². The highest BCUT2D eigenvalue weighted by Gasteiger charge is 2.16. The lowest BCUT2D eigenvalue weighted by atomic mass is 10.2. The summed E-state index contributed by atoms with van der Waals surface area (Å²) in [5, 5.41) is 7.67. The van der Waals surface area contributed by atoms with Crippen molar-refractivity contribution >= 4 is 23.2 Å². The zero-order valence-corrected chi connectivity index (χ0v) is 11.5. The number of fused-ring (bicyclic) bond motifs is 1. The second-order valence-corrected chi connectivity index (χ2v) is 6.28. The number of aryl methyl sites for hydroxylation is 1. The Bertz CT molecular complexity index is 518. The maximum Gasteiger partial charge on any atom is 0.157 e. The van der Waals surface area contributed by atoms with Gasteiger partial charge in [0.1, 0.15) is 12.1 Å². The fraction of sp³-hybridized carbons (Fsp3) is 0.500. The Balaban J connectivity index is 2.26. The monoisotopic (exact) mass is 250 g/mol. The van der Waals surface area contributed by atoms with Gasteiger partial charge in [-0.15, -0.1) is 0 Å². The van der Waals surface area contributed by atoms with Crippen LogP contribution in [0.1, 0.15) is 19.4 Å². The third-order valence-corrected chi connectivity index (χ3v) is 4.02. The van der Waals surface area contributed by atoms with Gasteiger partial charge in [0.25, 0.3) is 0 Å². The minimum absolute atomic E-state index is 0.205. The molecular formula is C12H18N4S. The van der Waals surface area contributed by atoms with Crippen molar-refractivity contribution in [3.63, 3.8) is 0 Å². The molecule has 0 saturated carbocycles. The van der Waals surface area contributed by atoms with Gasteiger partial charge < -0.3 is 5.32 Å². The molecule has 17 heavy (non-hydrogen) atoms. The summed E-state index contributed by atoms with van der Waals surface area (Å²) >= 11 is 1.85. The van der Waals surface area contributed by atoms with Gasteiger partial charge in [0, 0.05) is 11.3 Å². The zero-order chi connectivity index (χ0) is 12.5. The van der Waals surface area contributed by atoms with Gasteiger partial charge in [-0.1, -0.05) is 0 Å². The molecule has 0 saturated heterocycles. The summed E-state index contributed by atoms with van der Waals surface area (Å²) in [5.74, 6) is 1.000. The van der Waals surface area contributed by atoms with E-state index in [4.69, 9.17) is 0 Å². The second kappa shape index (κ2) is 4.56. The quantitative estimate of drug-likeness (QED) is 0.905. The van der Waals surface area contributed by atoms with Crippen LogP contribution >= 0.6 is 11.8 Å². The largest absolute Gasteiger partial charge is 0.369 e. The van der Waals surface area contributed by atoms with E-state index in [9.17, 15) is 0 Å². The summed E-state index contributed by atoms with van der Waals surface area (Å²) in [4.78, 5) is 4.21. The van der Waals surface area contributed by atoms with Gasteiger partial charge in [-0.3, -0.25) is 0 Å². The zero-order valence-electron chi connectivity index (χ0n) is 10.7. The Labute approximate surface area is 106 Å². The maximum absolute atomic E-state index is 4.22. The van der Waals surface area contributed by atoms with Crippen molar-refractivity contribution in [1.82, 2.24) is 14.6 Å². The van der Waals surface area contributed by atoms with Gasteiger partial charge in [-0.2, -0.15) is 21.4 Å². The highest BCUT2D eigenvalue weighted by atomic mass is 32.2. The molecular weight excluding hydrogens is 232 g/mol. The fourth-order valence-electron chi connectivity index (χ4n) is 1.56. The molecule has 0 aromatic carbocycles. The van der Waals surface area contributed by atoms with Crippen LogP contribution in [0, 0.1) is 6.92 Å². The van der Waals surface area contributed by atoms with Crippen molar-refractivity contribution < 1.29 is 0 Å². The summed E-state index contributed by atoms with van der Waals surface area (Å²) in [5.41, 5.74) is 2.07. The Morgan fingerprint density at radius 3 is 2.88 bits per heavy atom. The van der Waals surface area contributed by atoms with Crippen molar-refractivity contribution in [3.05, 3.63) is 24.0 Å². The van der Waals surface area contributed by atoms with Crippen LogP contribution in [0.3, 0.4) is 0 Å². The number of anilines is 1. The van der Waals surface area contributed by atoms with Crippen LogP contribution in [-0.2, 0) is 0 Å². The summed E-state index contributed by atoms with van der Waals surface area (Å²) in [6.07, 6.45) is 3.71. The van der Waals surface area contributed by atoms with E-state index in [-0.39, 0.29) is 4.75 Å². The lowest BCUT2D eigenvalue weighted by Crippen LogP contribution is -2.26. The van der Waals surface area contributed by atoms with Gasteiger partial charge >= 0.3 is 0 Å². The van der Waals surface area contributed by atoms with Crippen molar-refractivity contribution in [2.24, 2.45) is 0 Å². The van der Waals surface area contributed by atoms with Crippen molar-refractivity contribution in [2.75, 3.05) is 18.1 Å². The summed E-state index contributed by atoms with van der Waals surface area (Å²) in [7, 11) is 0. The van der Waals surface area contributed by atoms with E-state index >= 15 is 0 Å². The molecule has 0 radical (unpaired) electrons. The molecule has 0 unspecified atom stereocenters. The molecule has 2 aromatic heterocycles. The predicted octanol–water partition coefficient (Wildman–Crippen LogP) is 2.59. The topological polar surface area (TPSA) is 42.2 Å². The van der Waals surface area contributed by atoms with Crippen LogP contribution in [0.5, 0.6) is 0 Å². The maximum atomic E-state index is 4.22. The Kier molecular flexibility index (Phi) is 3.28. The average molecular weight is 250 g/mol. The first-order valence-electron chi connectivity index (χ1n) is 5.61. The first-order valence-corrected chi connectivity index (χ1v) is 6.84. The van der Waals surface area contributed by atoms with E-state index in [1.165, 1.54) is 5.56 Å². The van der Waals surface area contributed by atoms with Crippen LogP contribution in [0.2, 0.25) is 0 Å². The number of hydrogen-bond donors (Lipinski definition) is 1. The molecule has 1 N–H and O–H groups in total. The molecule has 0 amide bonds. The predicted molar refractivity (Wildman–Crippen MR) is 73.8 cm³/mol. The highest BCUT2D eigenvalue weighted by Crippen LogP contribution is 2.22. The van der Waals surface area contributed by atoms with E-state index in [0.717, 1.165) is 18.0 Å². The third kappa shape index (κ3) is 2.72. The standard InChI is InChI=1S/C12H18N4S/c1-9-5-10(13-7-12(2,3)17-4)16-11(6-9)14-8-15-16/h5-6,8,13H,7H2,1-4H3. The molecule has 0 aliphatic heterocycles. The lowest BCUT2D eigenvalue weighted by molar-refractivity contribution is 0.745. The molecule has 0 fully saturated rings. The van der Waals surface area contributed by atoms with E-state index in [2.05, 4.69) is 48.5 Å². The molecule has 4 nitrogen and oxygen atoms in total. The minimum Gasteiger partial charge on any atom is -0.369 e. The highest BCUT2D eigenvalue weighted by molar-refractivity contribution is 7.99. The smallest absolute Gasteiger partial charge is 0.157 e. The van der Waals surface area contributed by atoms with E-state index < -0.39 is 0 Å². The number of hydrogen-bond acceptors (Lipinski definition) is 4. The molecule has 0 spiro atoms. The van der Waals surface area contributed by atoms with Crippen LogP contribution in [0.25, 0.3) is 5.65 Å². The normalized spacial score (nSPS) is 12.0. The SMILES string of the molecule is CSC(C)(C)CNc1cc(C)cc2ncnn12. The molecule has 92 valence electrons. The van der Waals surface area contributed by atoms with Gasteiger partial charge in [-0.25, -0.2) is 4.98 Å². The second-order valence-electron chi connectivity index (χ2n) is 4.77. The van der Waals surface area contributed by atoms with E-state index in [0.29, 0.717) is 0 Å². The summed E-state index contributed by atoms with van der Waals surface area (Å²) < 4.78 is 2.04. The van der Waals surface area contributed by atoms with E-state index in [1.54, 1.807) is 6.33 Å². The molecule has 0 aliphatic carbocycles. The Morgan fingerprint density at radius 1 is 1.41 bits per heavy atom. The van der Waals surface area contributed by atoms with Crippen LogP contribution in [-0.4, -0.2) is 32.1 Å². The molecule has 0 atom stereocenters. The van der Waals surface area contributed by atoms with Gasteiger partial charge in [0.15, 0.2) is 5.65 Å². The van der Waals surface area contributed by atoms with Crippen LogP contribution < -0.4 is 5.32 Å². The average Bonchev–Trinajstić information content (AvgIpc) is 2.73. The number of nitrogens with one attached hydrogen (secondary N) is 1. The number of aromatic nitrogens is 3. The molecule has 2 aromatic rings. The molecule has 0 aliphatic rings. The first kappa shape index (κ1) is 12.2. The van der Waals surface area contributed by atoms with Gasteiger partial charge in [-0.05, 0) is 44.7 Å². The van der Waals surface area contributed by atoms with Crippen molar-refractivity contribution in [1.29, 1.82) is 0 Å². The van der Waals surface area contributed by atoms with Crippen LogP contribution in [0.4, 0.5) is 5.82 Å². The van der Waals surface area contributed by atoms with Crippen LogP contribution in [0.15, 0.2) is 18.5 Å². The molecule has 2 rings (SSSR count). The molecule has 2 heterocycles. The lowest BCUT2D eigenvalue weighted by Gasteiger charge is -2.23. The first-order chi connectivity index (χ1) is 8.02. The molecule has 5 heteroatoms. The number of nitrogens with zero attached hydrogens (tertiary/aromatic N) is 3. The summed E-state index contributed by atoms with van der Waals surface area (Å²) in [6.45, 7) is 7.41. The number of rotatable bonds is 4. The number of pyridine rings is 1.